The highest BCUT2D eigenvalue weighted by atomic mass is 35.5. The first-order chi connectivity index (χ1) is 10.3. The molecule has 21 heavy (non-hydrogen) atoms. The smallest absolute Gasteiger partial charge is 0.161 e. The van der Waals surface area contributed by atoms with E-state index in [0.29, 0.717) is 11.0 Å². The molecule has 0 aliphatic heterocycles. The predicted octanol–water partition coefficient (Wildman–Crippen LogP) is 4.47. The van der Waals surface area contributed by atoms with Crippen molar-refractivity contribution >= 4 is 11.6 Å². The van der Waals surface area contributed by atoms with Gasteiger partial charge in [-0.25, -0.2) is 9.97 Å². The second kappa shape index (κ2) is 5.94. The maximum atomic E-state index is 6.14. The van der Waals surface area contributed by atoms with Crippen LogP contribution in [-0.2, 0) is 0 Å². The fourth-order valence-electron chi connectivity index (χ4n) is 2.07. The average molecular weight is 297 g/mol. The average Bonchev–Trinajstić information content (AvgIpc) is 2.55. The lowest BCUT2D eigenvalue weighted by Gasteiger charge is -2.07. The van der Waals surface area contributed by atoms with Gasteiger partial charge in [0, 0.05) is 17.2 Å². The maximum absolute atomic E-state index is 6.14. The summed E-state index contributed by atoms with van der Waals surface area (Å²) in [5, 5.41) is 0.418. The van der Waals surface area contributed by atoms with Crippen LogP contribution in [-0.4, -0.2) is 17.1 Å². The Labute approximate surface area is 128 Å². The lowest BCUT2D eigenvalue weighted by atomic mass is 10.1. The van der Waals surface area contributed by atoms with Gasteiger partial charge in [0.15, 0.2) is 5.82 Å². The Kier molecular flexibility index (Phi) is 3.84. The standard InChI is InChI=1S/C17H13ClN2O/c1-21-14-9-5-8-13(10-14)17-19-15(11-16(18)20-17)12-6-3-2-4-7-12/h2-11H,1H3. The van der Waals surface area contributed by atoms with Gasteiger partial charge in [0.2, 0.25) is 0 Å². The zero-order chi connectivity index (χ0) is 14.7. The van der Waals surface area contributed by atoms with E-state index in [1.54, 1.807) is 13.2 Å². The van der Waals surface area contributed by atoms with Gasteiger partial charge in [0.25, 0.3) is 0 Å². The summed E-state index contributed by atoms with van der Waals surface area (Å²) in [5.74, 6) is 1.34. The third kappa shape index (κ3) is 3.03. The maximum Gasteiger partial charge on any atom is 0.161 e. The molecular weight excluding hydrogens is 284 g/mol. The highest BCUT2D eigenvalue weighted by Gasteiger charge is 2.08. The highest BCUT2D eigenvalue weighted by Crippen LogP contribution is 2.26. The van der Waals surface area contributed by atoms with E-state index in [1.165, 1.54) is 0 Å². The number of benzene rings is 2. The molecule has 104 valence electrons. The second-order valence-corrected chi connectivity index (χ2v) is 4.88. The van der Waals surface area contributed by atoms with Crippen LogP contribution in [0.5, 0.6) is 5.75 Å². The van der Waals surface area contributed by atoms with Crippen molar-refractivity contribution in [3.05, 3.63) is 65.8 Å². The fourth-order valence-corrected chi connectivity index (χ4v) is 2.25. The van der Waals surface area contributed by atoms with Gasteiger partial charge < -0.3 is 4.74 Å². The van der Waals surface area contributed by atoms with Crippen molar-refractivity contribution in [2.45, 2.75) is 0 Å². The molecule has 0 fully saturated rings. The van der Waals surface area contributed by atoms with E-state index >= 15 is 0 Å². The molecule has 3 aromatic rings. The molecule has 3 nitrogen and oxygen atoms in total. The Morgan fingerprint density at radius 2 is 1.62 bits per heavy atom. The summed E-state index contributed by atoms with van der Waals surface area (Å²) in [7, 11) is 1.63. The molecule has 2 aromatic carbocycles. The van der Waals surface area contributed by atoms with Crippen LogP contribution in [0.3, 0.4) is 0 Å². The van der Waals surface area contributed by atoms with Crippen LogP contribution in [0.15, 0.2) is 60.7 Å². The Balaban J connectivity index is 2.09. The first-order valence-electron chi connectivity index (χ1n) is 6.51. The van der Waals surface area contributed by atoms with E-state index in [9.17, 15) is 0 Å². The van der Waals surface area contributed by atoms with Crippen molar-refractivity contribution in [1.29, 1.82) is 0 Å². The van der Waals surface area contributed by atoms with Gasteiger partial charge in [-0.15, -0.1) is 0 Å². The highest BCUT2D eigenvalue weighted by molar-refractivity contribution is 6.29. The van der Waals surface area contributed by atoms with E-state index in [-0.39, 0.29) is 0 Å². The first-order valence-corrected chi connectivity index (χ1v) is 6.88. The molecule has 0 spiro atoms. The van der Waals surface area contributed by atoms with Crippen LogP contribution in [0.1, 0.15) is 0 Å². The summed E-state index contributed by atoms with van der Waals surface area (Å²) in [6, 6.07) is 19.3. The SMILES string of the molecule is COc1cccc(-c2nc(Cl)cc(-c3ccccc3)n2)c1. The van der Waals surface area contributed by atoms with Crippen LogP contribution in [0, 0.1) is 0 Å². The van der Waals surface area contributed by atoms with Crippen LogP contribution in [0.25, 0.3) is 22.6 Å². The molecule has 4 heteroatoms. The second-order valence-electron chi connectivity index (χ2n) is 4.50. The lowest BCUT2D eigenvalue weighted by Crippen LogP contribution is -1.93. The van der Waals surface area contributed by atoms with Crippen molar-refractivity contribution in [1.82, 2.24) is 9.97 Å². The molecule has 1 aromatic heterocycles. The van der Waals surface area contributed by atoms with Gasteiger partial charge in [-0.2, -0.15) is 0 Å². The van der Waals surface area contributed by atoms with Gasteiger partial charge >= 0.3 is 0 Å². The van der Waals surface area contributed by atoms with Crippen molar-refractivity contribution in [2.24, 2.45) is 0 Å². The molecule has 0 aliphatic carbocycles. The van der Waals surface area contributed by atoms with Crippen molar-refractivity contribution in [2.75, 3.05) is 7.11 Å². The van der Waals surface area contributed by atoms with E-state index in [4.69, 9.17) is 16.3 Å². The largest absolute Gasteiger partial charge is 0.497 e. The molecule has 3 rings (SSSR count). The summed E-state index contributed by atoms with van der Waals surface area (Å²) in [4.78, 5) is 8.90. The molecule has 0 saturated carbocycles. The van der Waals surface area contributed by atoms with E-state index in [2.05, 4.69) is 9.97 Å². The topological polar surface area (TPSA) is 35.0 Å². The van der Waals surface area contributed by atoms with E-state index in [1.807, 2.05) is 54.6 Å². The number of aromatic nitrogens is 2. The van der Waals surface area contributed by atoms with Crippen LogP contribution in [0.2, 0.25) is 5.15 Å². The molecule has 0 N–H and O–H groups in total. The molecule has 0 amide bonds. The Bertz CT molecular complexity index is 760. The lowest BCUT2D eigenvalue weighted by molar-refractivity contribution is 0.415. The third-order valence-corrected chi connectivity index (χ3v) is 3.29. The van der Waals surface area contributed by atoms with E-state index < -0.39 is 0 Å². The fraction of sp³-hybridized carbons (Fsp3) is 0.0588. The van der Waals surface area contributed by atoms with Gasteiger partial charge in [0.1, 0.15) is 10.9 Å². The van der Waals surface area contributed by atoms with Crippen molar-refractivity contribution in [3.8, 4) is 28.4 Å². The molecule has 1 heterocycles. The number of halogens is 1. The first kappa shape index (κ1) is 13.6. The molecule has 0 atom stereocenters. The molecule has 0 saturated heterocycles. The minimum Gasteiger partial charge on any atom is -0.497 e. The molecule has 0 unspecified atom stereocenters. The van der Waals surface area contributed by atoms with Crippen molar-refractivity contribution < 1.29 is 4.74 Å². The molecule has 0 radical (unpaired) electrons. The Hall–Kier alpha value is -2.39. The van der Waals surface area contributed by atoms with Crippen LogP contribution < -0.4 is 4.74 Å². The number of rotatable bonds is 3. The van der Waals surface area contributed by atoms with Gasteiger partial charge in [-0.05, 0) is 12.1 Å². The summed E-state index contributed by atoms with van der Waals surface area (Å²) < 4.78 is 5.23. The summed E-state index contributed by atoms with van der Waals surface area (Å²) in [6.07, 6.45) is 0. The molecular formula is C17H13ClN2O. The zero-order valence-electron chi connectivity index (χ0n) is 11.5. The number of nitrogens with zero attached hydrogens (tertiary/aromatic N) is 2. The van der Waals surface area contributed by atoms with Crippen LogP contribution in [0.4, 0.5) is 0 Å². The van der Waals surface area contributed by atoms with Gasteiger partial charge in [-0.1, -0.05) is 54.1 Å². The molecule has 0 bridgehead atoms. The van der Waals surface area contributed by atoms with E-state index in [0.717, 1.165) is 22.6 Å². The quantitative estimate of drug-likeness (QED) is 0.669. The predicted molar refractivity (Wildman–Crippen MR) is 84.5 cm³/mol. The van der Waals surface area contributed by atoms with Crippen molar-refractivity contribution in [3.63, 3.8) is 0 Å². The Morgan fingerprint density at radius 1 is 0.857 bits per heavy atom. The Morgan fingerprint density at radius 3 is 2.38 bits per heavy atom. The number of ether oxygens (including phenoxy) is 1. The monoisotopic (exact) mass is 296 g/mol. The normalized spacial score (nSPS) is 10.4. The minimum atomic E-state index is 0.418. The van der Waals surface area contributed by atoms with Crippen LogP contribution >= 0.6 is 11.6 Å². The number of methoxy groups -OCH3 is 1. The minimum absolute atomic E-state index is 0.418. The number of hydrogen-bond acceptors (Lipinski definition) is 3. The zero-order valence-corrected chi connectivity index (χ0v) is 12.2. The summed E-state index contributed by atoms with van der Waals surface area (Å²) >= 11 is 6.14. The summed E-state index contributed by atoms with van der Waals surface area (Å²) in [6.45, 7) is 0. The van der Waals surface area contributed by atoms with Gasteiger partial charge in [-0.3, -0.25) is 0 Å². The molecule has 0 aliphatic rings. The third-order valence-electron chi connectivity index (χ3n) is 3.09. The number of hydrogen-bond donors (Lipinski definition) is 0. The summed E-state index contributed by atoms with van der Waals surface area (Å²) in [5.41, 5.74) is 2.67. The van der Waals surface area contributed by atoms with Gasteiger partial charge in [0.05, 0.1) is 12.8 Å².